The number of likely N-dealkylation sites (N-methyl/N-ethyl adjacent to an activating group) is 1. The molecule has 2 aromatic carbocycles. The summed E-state index contributed by atoms with van der Waals surface area (Å²) >= 11 is 12.2. The molecule has 0 aromatic heterocycles. The Labute approximate surface area is 170 Å². The molecule has 0 saturated heterocycles. The lowest BCUT2D eigenvalue weighted by molar-refractivity contribution is -0.139. The number of hydrogen-bond acceptors (Lipinski definition) is 2. The normalized spacial score (nSPS) is 11.8. The van der Waals surface area contributed by atoms with E-state index in [9.17, 15) is 9.59 Å². The van der Waals surface area contributed by atoms with Gasteiger partial charge in [-0.15, -0.1) is 0 Å². The van der Waals surface area contributed by atoms with E-state index in [-0.39, 0.29) is 24.8 Å². The van der Waals surface area contributed by atoms with E-state index < -0.39 is 6.04 Å². The van der Waals surface area contributed by atoms with E-state index in [4.69, 9.17) is 23.2 Å². The molecule has 27 heavy (non-hydrogen) atoms. The van der Waals surface area contributed by atoms with Crippen molar-refractivity contribution in [3.05, 3.63) is 68.7 Å². The smallest absolute Gasteiger partial charge is 0.242 e. The fourth-order valence-electron chi connectivity index (χ4n) is 2.81. The van der Waals surface area contributed by atoms with Gasteiger partial charge in [0.2, 0.25) is 11.8 Å². The molecule has 0 aliphatic heterocycles. The van der Waals surface area contributed by atoms with Gasteiger partial charge in [0.05, 0.1) is 6.42 Å². The number of nitrogens with zero attached hydrogens (tertiary/aromatic N) is 1. The van der Waals surface area contributed by atoms with Crippen LogP contribution < -0.4 is 5.32 Å². The van der Waals surface area contributed by atoms with E-state index in [1.807, 2.05) is 32.0 Å². The van der Waals surface area contributed by atoms with Crippen LogP contribution in [0.1, 0.15) is 29.2 Å². The number of carbonyl (C=O) groups is 2. The fraction of sp³-hybridized carbons (Fsp3) is 0.333. The lowest BCUT2D eigenvalue weighted by Crippen LogP contribution is -2.47. The van der Waals surface area contributed by atoms with E-state index in [1.165, 1.54) is 5.56 Å². The Balaban J connectivity index is 2.28. The Bertz CT molecular complexity index is 852. The van der Waals surface area contributed by atoms with Gasteiger partial charge in [-0.1, -0.05) is 47.5 Å². The molecular weight excluding hydrogens is 383 g/mol. The zero-order valence-corrected chi connectivity index (χ0v) is 17.5. The van der Waals surface area contributed by atoms with Gasteiger partial charge in [0.25, 0.3) is 0 Å². The lowest BCUT2D eigenvalue weighted by Gasteiger charge is -2.29. The van der Waals surface area contributed by atoms with Crippen LogP contribution >= 0.6 is 23.2 Å². The summed E-state index contributed by atoms with van der Waals surface area (Å²) in [4.78, 5) is 26.8. The largest absolute Gasteiger partial charge is 0.357 e. The van der Waals surface area contributed by atoms with Crippen LogP contribution in [-0.4, -0.2) is 29.8 Å². The number of nitrogens with one attached hydrogen (secondary N) is 1. The van der Waals surface area contributed by atoms with Crippen LogP contribution in [0.3, 0.4) is 0 Å². The van der Waals surface area contributed by atoms with E-state index in [1.54, 1.807) is 37.1 Å². The van der Waals surface area contributed by atoms with Crippen molar-refractivity contribution in [3.63, 3.8) is 0 Å². The zero-order valence-electron chi connectivity index (χ0n) is 16.0. The third-order valence-electron chi connectivity index (χ3n) is 4.70. The molecule has 0 aliphatic carbocycles. The standard InChI is InChI=1S/C21H24Cl2N2O2/c1-13-5-6-16(9-14(13)2)10-20(26)25(15(3)21(27)24-4)12-17-7-8-18(22)11-19(17)23/h5-9,11,15H,10,12H2,1-4H3,(H,24,27)/t15-/m0/s1. The van der Waals surface area contributed by atoms with Crippen molar-refractivity contribution in [2.24, 2.45) is 0 Å². The summed E-state index contributed by atoms with van der Waals surface area (Å²) < 4.78 is 0. The summed E-state index contributed by atoms with van der Waals surface area (Å²) in [5.41, 5.74) is 3.96. The summed E-state index contributed by atoms with van der Waals surface area (Å²) in [5.74, 6) is -0.367. The molecule has 0 unspecified atom stereocenters. The summed E-state index contributed by atoms with van der Waals surface area (Å²) in [6.07, 6.45) is 0.216. The maximum Gasteiger partial charge on any atom is 0.242 e. The maximum absolute atomic E-state index is 13.0. The van der Waals surface area contributed by atoms with E-state index in [2.05, 4.69) is 5.32 Å². The van der Waals surface area contributed by atoms with Crippen LogP contribution in [0, 0.1) is 13.8 Å². The molecule has 4 nitrogen and oxygen atoms in total. The average molecular weight is 407 g/mol. The zero-order chi connectivity index (χ0) is 20.1. The highest BCUT2D eigenvalue weighted by Gasteiger charge is 2.26. The van der Waals surface area contributed by atoms with Gasteiger partial charge < -0.3 is 10.2 Å². The highest BCUT2D eigenvalue weighted by Crippen LogP contribution is 2.23. The minimum Gasteiger partial charge on any atom is -0.357 e. The third kappa shape index (κ3) is 5.47. The Hall–Kier alpha value is -2.04. The van der Waals surface area contributed by atoms with Crippen molar-refractivity contribution in [1.29, 1.82) is 0 Å². The van der Waals surface area contributed by atoms with Crippen molar-refractivity contribution in [1.82, 2.24) is 10.2 Å². The second kappa shape index (κ2) is 9.25. The molecule has 2 amide bonds. The van der Waals surface area contributed by atoms with Gasteiger partial charge in [-0.05, 0) is 55.2 Å². The number of aryl methyl sites for hydroxylation is 2. The van der Waals surface area contributed by atoms with Crippen molar-refractivity contribution < 1.29 is 9.59 Å². The second-order valence-electron chi connectivity index (χ2n) is 6.64. The Morgan fingerprint density at radius 2 is 1.78 bits per heavy atom. The van der Waals surface area contributed by atoms with Crippen molar-refractivity contribution in [2.75, 3.05) is 7.05 Å². The molecule has 1 N–H and O–H groups in total. The Kier molecular flexibility index (Phi) is 7.28. The predicted octanol–water partition coefficient (Wildman–Crippen LogP) is 4.32. The van der Waals surface area contributed by atoms with Crippen LogP contribution in [0.5, 0.6) is 0 Å². The van der Waals surface area contributed by atoms with E-state index in [0.717, 1.165) is 16.7 Å². The van der Waals surface area contributed by atoms with E-state index >= 15 is 0 Å². The highest BCUT2D eigenvalue weighted by molar-refractivity contribution is 6.35. The molecule has 2 aromatic rings. The molecular formula is C21H24Cl2N2O2. The van der Waals surface area contributed by atoms with Crippen LogP contribution in [0.4, 0.5) is 0 Å². The summed E-state index contributed by atoms with van der Waals surface area (Å²) in [5, 5.41) is 3.60. The molecule has 1 atom stereocenters. The summed E-state index contributed by atoms with van der Waals surface area (Å²) in [6, 6.07) is 10.5. The second-order valence-corrected chi connectivity index (χ2v) is 7.49. The number of carbonyl (C=O) groups excluding carboxylic acids is 2. The number of hydrogen-bond donors (Lipinski definition) is 1. The molecule has 0 heterocycles. The number of halogens is 2. The van der Waals surface area contributed by atoms with Gasteiger partial charge in [0, 0.05) is 23.6 Å². The average Bonchev–Trinajstić information content (AvgIpc) is 2.62. The number of amides is 2. The first-order valence-corrected chi connectivity index (χ1v) is 9.49. The Morgan fingerprint density at radius 3 is 2.37 bits per heavy atom. The molecule has 144 valence electrons. The van der Waals surface area contributed by atoms with Gasteiger partial charge in [0.1, 0.15) is 6.04 Å². The molecule has 0 bridgehead atoms. The van der Waals surface area contributed by atoms with Crippen molar-refractivity contribution in [2.45, 2.75) is 39.8 Å². The number of rotatable bonds is 6. The SMILES string of the molecule is CNC(=O)[C@H](C)N(Cc1ccc(Cl)cc1Cl)C(=O)Cc1ccc(C)c(C)c1. The monoisotopic (exact) mass is 406 g/mol. The third-order valence-corrected chi connectivity index (χ3v) is 5.28. The molecule has 0 radical (unpaired) electrons. The van der Waals surface area contributed by atoms with Gasteiger partial charge in [-0.3, -0.25) is 9.59 Å². The predicted molar refractivity (Wildman–Crippen MR) is 110 cm³/mol. The first kappa shape index (κ1) is 21.3. The quantitative estimate of drug-likeness (QED) is 0.776. The molecule has 0 fully saturated rings. The van der Waals surface area contributed by atoms with Gasteiger partial charge in [-0.2, -0.15) is 0 Å². The molecule has 0 spiro atoms. The summed E-state index contributed by atoms with van der Waals surface area (Å²) in [6.45, 7) is 5.99. The van der Waals surface area contributed by atoms with Gasteiger partial charge in [-0.25, -0.2) is 0 Å². The van der Waals surface area contributed by atoms with Crippen molar-refractivity contribution >= 4 is 35.0 Å². The van der Waals surface area contributed by atoms with Crippen LogP contribution in [0.25, 0.3) is 0 Å². The molecule has 0 saturated carbocycles. The topological polar surface area (TPSA) is 49.4 Å². The van der Waals surface area contributed by atoms with Crippen LogP contribution in [0.15, 0.2) is 36.4 Å². The molecule has 0 aliphatic rings. The minimum atomic E-state index is -0.624. The number of benzene rings is 2. The van der Waals surface area contributed by atoms with E-state index in [0.29, 0.717) is 10.0 Å². The van der Waals surface area contributed by atoms with Gasteiger partial charge in [0.15, 0.2) is 0 Å². The molecule has 6 heteroatoms. The molecule has 2 rings (SSSR count). The van der Waals surface area contributed by atoms with Crippen molar-refractivity contribution in [3.8, 4) is 0 Å². The first-order chi connectivity index (χ1) is 12.7. The van der Waals surface area contributed by atoms with Gasteiger partial charge >= 0.3 is 0 Å². The first-order valence-electron chi connectivity index (χ1n) is 8.74. The fourth-order valence-corrected chi connectivity index (χ4v) is 3.28. The highest BCUT2D eigenvalue weighted by atomic mass is 35.5. The Morgan fingerprint density at radius 1 is 1.07 bits per heavy atom. The maximum atomic E-state index is 13.0. The van der Waals surface area contributed by atoms with Crippen LogP contribution in [0.2, 0.25) is 10.0 Å². The summed E-state index contributed by atoms with van der Waals surface area (Å²) in [7, 11) is 1.56. The lowest BCUT2D eigenvalue weighted by atomic mass is 10.0. The minimum absolute atomic E-state index is 0.139. The van der Waals surface area contributed by atoms with Crippen LogP contribution in [-0.2, 0) is 22.6 Å².